The molecule has 0 bridgehead atoms. The zero-order valence-electron chi connectivity index (χ0n) is 14.9. The molecule has 1 aliphatic heterocycles. The Morgan fingerprint density at radius 1 is 1.11 bits per heavy atom. The Labute approximate surface area is 158 Å². The summed E-state index contributed by atoms with van der Waals surface area (Å²) in [6, 6.07) is 1.60. The largest absolute Gasteiger partial charge is 0.481 e. The van der Waals surface area contributed by atoms with Crippen molar-refractivity contribution >= 4 is 29.5 Å². The molecule has 13 heteroatoms. The van der Waals surface area contributed by atoms with Crippen molar-refractivity contribution in [1.29, 1.82) is 5.41 Å². The Hall–Kier alpha value is -3.35. The first-order chi connectivity index (χ1) is 13.0. The number of aliphatic hydroxyl groups is 1. The number of rotatable bonds is 6. The second kappa shape index (κ2) is 9.55. The lowest BCUT2D eigenvalue weighted by Gasteiger charge is -2.27. The summed E-state index contributed by atoms with van der Waals surface area (Å²) < 4.78 is 0.577. The van der Waals surface area contributed by atoms with Crippen LogP contribution in [-0.2, 0) is 14.4 Å². The van der Waals surface area contributed by atoms with Gasteiger partial charge in [-0.15, -0.1) is 4.73 Å². The average Bonchev–Trinajstić information content (AvgIpc) is 2.59. The van der Waals surface area contributed by atoms with Gasteiger partial charge in [0.15, 0.2) is 5.60 Å². The molecule has 0 amide bonds. The number of nitrogens with two attached hydrogens (primary N) is 1. The number of nitrogens with zero attached hydrogens (tertiary/aromatic N) is 3. The van der Waals surface area contributed by atoms with Crippen molar-refractivity contribution < 1.29 is 40.0 Å². The lowest BCUT2D eigenvalue weighted by atomic mass is 9.96. The third-order valence-corrected chi connectivity index (χ3v) is 3.91. The van der Waals surface area contributed by atoms with Gasteiger partial charge >= 0.3 is 17.9 Å². The zero-order chi connectivity index (χ0) is 21.5. The van der Waals surface area contributed by atoms with Crippen LogP contribution in [0.1, 0.15) is 32.1 Å². The zero-order valence-corrected chi connectivity index (χ0v) is 14.9. The molecule has 0 radical (unpaired) electrons. The number of hydrogen-bond donors (Lipinski definition) is 7. The molecule has 8 N–H and O–H groups in total. The number of hydrogen-bond acceptors (Lipinski definition) is 9. The molecule has 28 heavy (non-hydrogen) atoms. The lowest BCUT2D eigenvalue weighted by Crippen LogP contribution is -2.42. The molecule has 0 saturated carbocycles. The third kappa shape index (κ3) is 6.42. The first kappa shape index (κ1) is 22.7. The Bertz CT molecular complexity index is 771. The highest BCUT2D eigenvalue weighted by Crippen LogP contribution is 2.17. The van der Waals surface area contributed by atoms with Gasteiger partial charge in [-0.3, -0.25) is 15.0 Å². The third-order valence-electron chi connectivity index (χ3n) is 3.91. The van der Waals surface area contributed by atoms with Crippen molar-refractivity contribution in [3.8, 4) is 0 Å². The van der Waals surface area contributed by atoms with Gasteiger partial charge < -0.3 is 36.3 Å². The molecule has 156 valence electrons. The van der Waals surface area contributed by atoms with E-state index in [-0.39, 0.29) is 11.4 Å². The molecular formula is C15H23N5O8. The maximum Gasteiger partial charge on any atom is 0.336 e. The molecule has 1 saturated heterocycles. The van der Waals surface area contributed by atoms with Crippen molar-refractivity contribution in [2.45, 2.75) is 37.7 Å². The summed E-state index contributed by atoms with van der Waals surface area (Å²) in [5, 5.41) is 50.5. The SMILES string of the molecule is N=c1nc(N2CCCCC2)cc(N)n1O.O=C(O)CC(O)(CC(=O)O)C(=O)O. The van der Waals surface area contributed by atoms with Gasteiger partial charge in [0.1, 0.15) is 11.6 Å². The van der Waals surface area contributed by atoms with E-state index in [1.54, 1.807) is 6.07 Å². The molecular weight excluding hydrogens is 378 g/mol. The van der Waals surface area contributed by atoms with Gasteiger partial charge in [0.2, 0.25) is 0 Å². The van der Waals surface area contributed by atoms with Crippen LogP contribution >= 0.6 is 0 Å². The minimum absolute atomic E-state index is 0.149. The van der Waals surface area contributed by atoms with E-state index in [4.69, 9.17) is 31.6 Å². The minimum Gasteiger partial charge on any atom is -0.481 e. The van der Waals surface area contributed by atoms with E-state index >= 15 is 0 Å². The highest BCUT2D eigenvalue weighted by atomic mass is 16.5. The second-order valence-corrected chi connectivity index (χ2v) is 6.20. The number of aromatic nitrogens is 2. The molecule has 0 spiro atoms. The van der Waals surface area contributed by atoms with Crippen LogP contribution in [0.15, 0.2) is 6.07 Å². The topological polar surface area (TPSA) is 223 Å². The van der Waals surface area contributed by atoms with Gasteiger partial charge in [0.05, 0.1) is 12.8 Å². The van der Waals surface area contributed by atoms with Gasteiger partial charge in [0.25, 0.3) is 5.62 Å². The molecule has 2 rings (SSSR count). The van der Waals surface area contributed by atoms with E-state index in [1.165, 1.54) is 6.42 Å². The molecule has 1 aliphatic rings. The number of aliphatic carboxylic acids is 3. The predicted molar refractivity (Wildman–Crippen MR) is 92.8 cm³/mol. The summed E-state index contributed by atoms with van der Waals surface area (Å²) in [5.41, 5.74) is 2.59. The van der Waals surface area contributed by atoms with E-state index in [0.29, 0.717) is 10.5 Å². The number of carboxylic acid groups (broad SMARTS) is 3. The monoisotopic (exact) mass is 401 g/mol. The molecule has 0 aliphatic carbocycles. The Balaban J connectivity index is 0.000000284. The van der Waals surface area contributed by atoms with Crippen LogP contribution in [0.4, 0.5) is 11.6 Å². The number of carboxylic acids is 3. The van der Waals surface area contributed by atoms with Crippen molar-refractivity contribution in [2.24, 2.45) is 0 Å². The highest BCUT2D eigenvalue weighted by molar-refractivity contribution is 5.88. The number of anilines is 2. The van der Waals surface area contributed by atoms with Crippen LogP contribution in [0.25, 0.3) is 0 Å². The summed E-state index contributed by atoms with van der Waals surface area (Å²) in [6.45, 7) is 1.89. The van der Waals surface area contributed by atoms with Crippen LogP contribution in [0, 0.1) is 5.41 Å². The number of carbonyl (C=O) groups is 3. The van der Waals surface area contributed by atoms with E-state index in [1.807, 2.05) is 0 Å². The molecule has 1 fully saturated rings. The smallest absolute Gasteiger partial charge is 0.336 e. The van der Waals surface area contributed by atoms with Gasteiger partial charge in [-0.2, -0.15) is 4.98 Å². The van der Waals surface area contributed by atoms with Gasteiger partial charge in [-0.05, 0) is 19.3 Å². The summed E-state index contributed by atoms with van der Waals surface area (Å²) >= 11 is 0. The summed E-state index contributed by atoms with van der Waals surface area (Å²) in [7, 11) is 0. The van der Waals surface area contributed by atoms with Crippen LogP contribution in [0.2, 0.25) is 0 Å². The van der Waals surface area contributed by atoms with E-state index in [0.717, 1.165) is 25.9 Å². The number of piperidine rings is 1. The van der Waals surface area contributed by atoms with Crippen LogP contribution < -0.4 is 16.3 Å². The Kier molecular flexibility index (Phi) is 7.74. The van der Waals surface area contributed by atoms with E-state index in [2.05, 4.69) is 9.88 Å². The maximum absolute atomic E-state index is 10.3. The summed E-state index contributed by atoms with van der Waals surface area (Å²) in [4.78, 5) is 36.6. The van der Waals surface area contributed by atoms with Crippen molar-refractivity contribution in [3.05, 3.63) is 11.7 Å². The summed E-state index contributed by atoms with van der Waals surface area (Å²) in [5.74, 6) is -4.19. The average molecular weight is 401 g/mol. The van der Waals surface area contributed by atoms with Gasteiger partial charge in [-0.25, -0.2) is 4.79 Å². The summed E-state index contributed by atoms with van der Waals surface area (Å²) in [6.07, 6.45) is 1.24. The fourth-order valence-electron chi connectivity index (χ4n) is 2.50. The first-order valence-electron chi connectivity index (χ1n) is 8.24. The number of nitrogen functional groups attached to an aromatic ring is 1. The number of nitrogens with one attached hydrogen (secondary N) is 1. The Morgan fingerprint density at radius 2 is 1.61 bits per heavy atom. The lowest BCUT2D eigenvalue weighted by molar-refractivity contribution is -0.170. The van der Waals surface area contributed by atoms with Crippen LogP contribution in [0.3, 0.4) is 0 Å². The fraction of sp³-hybridized carbons (Fsp3) is 0.533. The fourth-order valence-corrected chi connectivity index (χ4v) is 2.50. The molecule has 2 heterocycles. The molecule has 0 unspecified atom stereocenters. The molecule has 0 aromatic carbocycles. The second-order valence-electron chi connectivity index (χ2n) is 6.20. The molecule has 1 aromatic heterocycles. The van der Waals surface area contributed by atoms with Crippen molar-refractivity contribution in [1.82, 2.24) is 9.71 Å². The van der Waals surface area contributed by atoms with Crippen molar-refractivity contribution in [2.75, 3.05) is 23.7 Å². The van der Waals surface area contributed by atoms with Gasteiger partial charge in [-0.1, -0.05) is 0 Å². The predicted octanol–water partition coefficient (Wildman–Crippen LogP) is -1.08. The van der Waals surface area contributed by atoms with E-state index < -0.39 is 36.4 Å². The standard InChI is InChI=1S/C9H15N5O.C6H8O7/c10-7-6-8(12-9(11)14(7)15)13-4-2-1-3-5-13;7-3(8)1-6(13,5(11)12)2-4(9)10/h6,11,15H,1-5,10H2;13H,1-2H2,(H,7,8)(H,9,10)(H,11,12). The van der Waals surface area contributed by atoms with E-state index in [9.17, 15) is 19.6 Å². The quantitative estimate of drug-likeness (QED) is 0.284. The van der Waals surface area contributed by atoms with Crippen LogP contribution in [0.5, 0.6) is 0 Å². The maximum atomic E-state index is 10.3. The van der Waals surface area contributed by atoms with Gasteiger partial charge in [0, 0.05) is 19.2 Å². The molecule has 0 atom stereocenters. The molecule has 13 nitrogen and oxygen atoms in total. The molecule has 1 aromatic rings. The minimum atomic E-state index is -2.74. The van der Waals surface area contributed by atoms with Crippen molar-refractivity contribution in [3.63, 3.8) is 0 Å². The Morgan fingerprint density at radius 3 is 2.00 bits per heavy atom. The highest BCUT2D eigenvalue weighted by Gasteiger charge is 2.40. The normalized spacial score (nSPS) is 14.0. The first-order valence-corrected chi connectivity index (χ1v) is 8.24. The van der Waals surface area contributed by atoms with Crippen LogP contribution in [-0.4, -0.2) is 71.9 Å².